The van der Waals surface area contributed by atoms with Gasteiger partial charge in [0.15, 0.2) is 10.9 Å². The van der Waals surface area contributed by atoms with E-state index in [9.17, 15) is 9.90 Å². The van der Waals surface area contributed by atoms with Crippen LogP contribution in [0.15, 0.2) is 61.2 Å². The number of benzene rings is 2. The molecule has 0 aliphatic rings. The smallest absolute Gasteiger partial charge is 0.335 e. The molecule has 0 bridgehead atoms. The summed E-state index contributed by atoms with van der Waals surface area (Å²) in [6, 6.07) is 14.8. The van der Waals surface area contributed by atoms with Gasteiger partial charge in [-0.1, -0.05) is 36.5 Å². The fourth-order valence-corrected chi connectivity index (χ4v) is 4.29. The molecule has 6 nitrogen and oxygen atoms in total. The number of carboxylic acids is 1. The Labute approximate surface area is 190 Å². The summed E-state index contributed by atoms with van der Waals surface area (Å²) >= 11 is 1.50. The van der Waals surface area contributed by atoms with E-state index in [4.69, 9.17) is 14.7 Å². The Morgan fingerprint density at radius 1 is 1.16 bits per heavy atom. The number of thiophene rings is 1. The van der Waals surface area contributed by atoms with E-state index in [1.54, 1.807) is 19.2 Å². The second-order valence-corrected chi connectivity index (χ2v) is 8.24. The summed E-state index contributed by atoms with van der Waals surface area (Å²) in [6.45, 7) is 5.97. The normalized spacial score (nSPS) is 10.8. The van der Waals surface area contributed by atoms with E-state index in [-0.39, 0.29) is 5.56 Å². The number of aromatic carboxylic acids is 1. The Bertz CT molecular complexity index is 1310. The molecule has 4 aromatic rings. The minimum absolute atomic E-state index is 0.269. The van der Waals surface area contributed by atoms with Gasteiger partial charge in [0.05, 0.1) is 17.6 Å². The fourth-order valence-electron chi connectivity index (χ4n) is 3.54. The van der Waals surface area contributed by atoms with Gasteiger partial charge >= 0.3 is 5.97 Å². The Kier molecular flexibility index (Phi) is 6.18. The molecule has 0 aliphatic carbocycles. The van der Waals surface area contributed by atoms with Crippen LogP contribution in [0, 0.1) is 0 Å². The third kappa shape index (κ3) is 4.33. The Morgan fingerprint density at radius 3 is 2.62 bits per heavy atom. The van der Waals surface area contributed by atoms with Gasteiger partial charge in [-0.3, -0.25) is 0 Å². The average Bonchev–Trinajstić information content (AvgIpc) is 3.29. The van der Waals surface area contributed by atoms with Gasteiger partial charge in [-0.25, -0.2) is 14.8 Å². The highest BCUT2D eigenvalue weighted by atomic mass is 32.1. The third-order valence-electron chi connectivity index (χ3n) is 5.13. The zero-order valence-electron chi connectivity index (χ0n) is 17.9. The number of rotatable bonds is 8. The summed E-state index contributed by atoms with van der Waals surface area (Å²) in [5.41, 5.74) is 3.11. The number of aryl methyl sites for hydroxylation is 1. The summed E-state index contributed by atoms with van der Waals surface area (Å²) in [5, 5.41) is 15.3. The molecular formula is C25H23N3O3S. The maximum atomic E-state index is 11.2. The summed E-state index contributed by atoms with van der Waals surface area (Å²) < 4.78 is 5.32. The zero-order valence-corrected chi connectivity index (χ0v) is 18.7. The van der Waals surface area contributed by atoms with Crippen LogP contribution in [0.2, 0.25) is 0 Å². The molecule has 2 aromatic carbocycles. The van der Waals surface area contributed by atoms with Gasteiger partial charge in [-0.15, -0.1) is 6.58 Å². The summed E-state index contributed by atoms with van der Waals surface area (Å²) in [4.78, 5) is 21.8. The van der Waals surface area contributed by atoms with Gasteiger partial charge in [0.1, 0.15) is 5.82 Å². The van der Waals surface area contributed by atoms with Crippen LogP contribution < -0.4 is 10.1 Å². The predicted octanol–water partition coefficient (Wildman–Crippen LogP) is 6.10. The second kappa shape index (κ2) is 9.20. The predicted molar refractivity (Wildman–Crippen MR) is 129 cm³/mol. The van der Waals surface area contributed by atoms with E-state index < -0.39 is 5.97 Å². The van der Waals surface area contributed by atoms with E-state index in [1.807, 2.05) is 42.5 Å². The molecular weight excluding hydrogens is 422 g/mol. The quantitative estimate of drug-likeness (QED) is 0.319. The summed E-state index contributed by atoms with van der Waals surface area (Å²) in [6.07, 6.45) is 3.27. The van der Waals surface area contributed by atoms with Crippen molar-refractivity contribution in [3.8, 4) is 15.8 Å². The van der Waals surface area contributed by atoms with Crippen molar-refractivity contribution >= 4 is 39.6 Å². The van der Waals surface area contributed by atoms with Gasteiger partial charge in [0.25, 0.3) is 0 Å². The molecule has 32 heavy (non-hydrogen) atoms. The molecule has 0 atom stereocenters. The van der Waals surface area contributed by atoms with E-state index in [2.05, 4.69) is 18.8 Å². The molecule has 0 fully saturated rings. The van der Waals surface area contributed by atoms with Gasteiger partial charge in [0.2, 0.25) is 0 Å². The number of aromatic nitrogens is 2. The molecule has 0 saturated carbocycles. The zero-order chi connectivity index (χ0) is 22.7. The molecule has 0 aliphatic heterocycles. The van der Waals surface area contributed by atoms with Crippen molar-refractivity contribution in [2.24, 2.45) is 0 Å². The number of methoxy groups -OCH3 is 1. The van der Waals surface area contributed by atoms with Crippen molar-refractivity contribution in [3.05, 3.63) is 78.0 Å². The molecule has 0 amide bonds. The lowest BCUT2D eigenvalue weighted by molar-refractivity contribution is 0.0697. The summed E-state index contributed by atoms with van der Waals surface area (Å²) in [5.74, 6) is 0.451. The van der Waals surface area contributed by atoms with Crippen LogP contribution in [0.1, 0.15) is 28.5 Å². The number of nitrogens with one attached hydrogen (secondary N) is 1. The molecule has 0 spiro atoms. The van der Waals surface area contributed by atoms with Crippen LogP contribution in [0.4, 0.5) is 11.5 Å². The highest BCUT2D eigenvalue weighted by Crippen LogP contribution is 2.34. The van der Waals surface area contributed by atoms with E-state index in [1.165, 1.54) is 11.3 Å². The first kappa shape index (κ1) is 21.5. The van der Waals surface area contributed by atoms with Crippen LogP contribution >= 0.6 is 11.3 Å². The van der Waals surface area contributed by atoms with Crippen molar-refractivity contribution in [1.82, 2.24) is 9.97 Å². The molecule has 4 rings (SSSR count). The molecule has 2 N–H and O–H groups in total. The van der Waals surface area contributed by atoms with E-state index >= 15 is 0 Å². The number of hydrogen-bond acceptors (Lipinski definition) is 6. The molecule has 2 heterocycles. The number of carbonyl (C=O) groups is 1. The number of allylic oxidation sites excluding steroid dienone is 1. The van der Waals surface area contributed by atoms with E-state index in [0.717, 1.165) is 49.9 Å². The minimum Gasteiger partial charge on any atom is -0.487 e. The van der Waals surface area contributed by atoms with Crippen LogP contribution in [-0.4, -0.2) is 28.2 Å². The molecule has 2 aromatic heterocycles. The number of ether oxygens (including phenoxy) is 1. The maximum absolute atomic E-state index is 11.2. The highest BCUT2D eigenvalue weighted by Gasteiger charge is 2.16. The fraction of sp³-hybridized carbons (Fsp3) is 0.160. The number of anilines is 2. The van der Waals surface area contributed by atoms with Crippen LogP contribution in [-0.2, 0) is 12.8 Å². The van der Waals surface area contributed by atoms with Crippen molar-refractivity contribution in [3.63, 3.8) is 0 Å². The standard InChI is InChI=1S/C25H23N3O3S/c1-4-6-19-20(5-2)27-24(21-11-12-22(31-3)32-21)28-23(19)26-18-10-9-15-13-17(25(29)30)8-7-16(15)14-18/h4,7-14H,1,5-6H2,2-3H3,(H,29,30)(H,26,27,28). The number of nitrogens with zero attached hydrogens (tertiary/aromatic N) is 2. The number of fused-ring (bicyclic) bond motifs is 1. The first-order chi connectivity index (χ1) is 15.5. The Hall–Kier alpha value is -3.71. The van der Waals surface area contributed by atoms with Crippen molar-refractivity contribution < 1.29 is 14.6 Å². The molecule has 0 unspecified atom stereocenters. The first-order valence-electron chi connectivity index (χ1n) is 10.2. The van der Waals surface area contributed by atoms with Crippen LogP contribution in [0.3, 0.4) is 0 Å². The Balaban J connectivity index is 1.76. The van der Waals surface area contributed by atoms with Crippen LogP contribution in [0.25, 0.3) is 21.5 Å². The average molecular weight is 446 g/mol. The lowest BCUT2D eigenvalue weighted by atomic mass is 10.1. The lowest BCUT2D eigenvalue weighted by Crippen LogP contribution is -2.07. The SMILES string of the molecule is C=CCc1c(CC)nc(-c2ccc(OC)s2)nc1Nc1ccc2cc(C(=O)O)ccc2c1. The minimum atomic E-state index is -0.936. The topological polar surface area (TPSA) is 84.3 Å². The molecule has 0 saturated heterocycles. The molecule has 0 radical (unpaired) electrons. The first-order valence-corrected chi connectivity index (χ1v) is 11.0. The maximum Gasteiger partial charge on any atom is 0.335 e. The van der Waals surface area contributed by atoms with Crippen LogP contribution in [0.5, 0.6) is 5.06 Å². The molecule has 7 heteroatoms. The van der Waals surface area contributed by atoms with Gasteiger partial charge in [0, 0.05) is 16.9 Å². The lowest BCUT2D eigenvalue weighted by Gasteiger charge is -2.15. The van der Waals surface area contributed by atoms with Gasteiger partial charge < -0.3 is 15.2 Å². The highest BCUT2D eigenvalue weighted by molar-refractivity contribution is 7.17. The number of hydrogen-bond donors (Lipinski definition) is 2. The largest absolute Gasteiger partial charge is 0.487 e. The van der Waals surface area contributed by atoms with Crippen molar-refractivity contribution in [1.29, 1.82) is 0 Å². The number of carboxylic acid groups (broad SMARTS) is 1. The Morgan fingerprint density at radius 2 is 1.94 bits per heavy atom. The summed E-state index contributed by atoms with van der Waals surface area (Å²) in [7, 11) is 1.65. The van der Waals surface area contributed by atoms with Gasteiger partial charge in [-0.2, -0.15) is 0 Å². The van der Waals surface area contributed by atoms with Crippen molar-refractivity contribution in [2.45, 2.75) is 19.8 Å². The van der Waals surface area contributed by atoms with E-state index in [0.29, 0.717) is 12.2 Å². The van der Waals surface area contributed by atoms with Gasteiger partial charge in [-0.05, 0) is 60.0 Å². The molecule has 162 valence electrons. The van der Waals surface area contributed by atoms with Crippen molar-refractivity contribution in [2.75, 3.05) is 12.4 Å². The monoisotopic (exact) mass is 445 g/mol. The second-order valence-electron chi connectivity index (χ2n) is 7.20. The third-order valence-corrected chi connectivity index (χ3v) is 6.17.